The van der Waals surface area contributed by atoms with E-state index in [1.807, 2.05) is 0 Å². The Bertz CT molecular complexity index is 418. The lowest BCUT2D eigenvalue weighted by Crippen LogP contribution is -2.00. The highest BCUT2D eigenvalue weighted by Gasteiger charge is 2.09. The van der Waals surface area contributed by atoms with E-state index in [-0.39, 0.29) is 12.1 Å². The minimum atomic E-state index is -1.31. The predicted octanol–water partition coefficient (Wildman–Crippen LogP) is 0.834. The van der Waals surface area contributed by atoms with E-state index < -0.39 is 11.8 Å². The van der Waals surface area contributed by atoms with Crippen LogP contribution in [0.4, 0.5) is 4.39 Å². The fourth-order valence-electron chi connectivity index (χ4n) is 0.920. The highest BCUT2D eigenvalue weighted by molar-refractivity contribution is 5.88. The first-order valence-corrected chi connectivity index (χ1v) is 3.87. The molecule has 0 radical (unpaired) electrons. The van der Waals surface area contributed by atoms with E-state index in [2.05, 4.69) is 11.8 Å². The maximum atomic E-state index is 12.9. The first-order chi connectivity index (χ1) is 6.65. The van der Waals surface area contributed by atoms with Gasteiger partial charge in [0.2, 0.25) is 0 Å². The third-order valence-corrected chi connectivity index (χ3v) is 1.53. The number of aromatic carboxylic acids is 1. The van der Waals surface area contributed by atoms with Crippen LogP contribution in [0.1, 0.15) is 15.9 Å². The number of halogens is 1. The molecule has 0 fully saturated rings. The Hall–Kier alpha value is -1.86. The summed E-state index contributed by atoms with van der Waals surface area (Å²) < 4.78 is 12.9. The van der Waals surface area contributed by atoms with Crippen LogP contribution in [0.15, 0.2) is 18.2 Å². The molecule has 0 spiro atoms. The molecule has 0 aliphatic heterocycles. The van der Waals surface area contributed by atoms with Crippen LogP contribution in [0.2, 0.25) is 0 Å². The third kappa shape index (κ3) is 2.31. The summed E-state index contributed by atoms with van der Waals surface area (Å²) in [7, 11) is 0. The first kappa shape index (κ1) is 10.2. The average Bonchev–Trinajstić information content (AvgIpc) is 2.16. The van der Waals surface area contributed by atoms with Crippen LogP contribution >= 0.6 is 0 Å². The number of hydrogen-bond acceptors (Lipinski definition) is 2. The quantitative estimate of drug-likeness (QED) is 0.649. The van der Waals surface area contributed by atoms with Crippen LogP contribution in [0, 0.1) is 17.7 Å². The Labute approximate surface area is 80.4 Å². The SMILES string of the molecule is NCC#Cc1ccc(F)c(C(=O)O)c1. The molecule has 72 valence electrons. The van der Waals surface area contributed by atoms with Crippen molar-refractivity contribution in [2.24, 2.45) is 5.73 Å². The van der Waals surface area contributed by atoms with E-state index >= 15 is 0 Å². The Morgan fingerprint density at radius 2 is 2.29 bits per heavy atom. The Kier molecular flexibility index (Phi) is 3.21. The standard InChI is InChI=1S/C10H8FNO2/c11-9-4-3-7(2-1-5-12)6-8(9)10(13)14/h3-4,6H,5,12H2,(H,13,14). The van der Waals surface area contributed by atoms with E-state index in [0.29, 0.717) is 5.56 Å². The van der Waals surface area contributed by atoms with Crippen molar-refractivity contribution in [2.75, 3.05) is 6.54 Å². The summed E-state index contributed by atoms with van der Waals surface area (Å²) in [6, 6.07) is 3.66. The molecule has 0 atom stereocenters. The smallest absolute Gasteiger partial charge is 0.338 e. The minimum absolute atomic E-state index is 0.180. The molecule has 0 saturated carbocycles. The summed E-state index contributed by atoms with van der Waals surface area (Å²) in [5.74, 6) is 3.10. The van der Waals surface area contributed by atoms with Gasteiger partial charge in [-0.25, -0.2) is 9.18 Å². The molecular formula is C10H8FNO2. The summed E-state index contributed by atoms with van der Waals surface area (Å²) in [5.41, 5.74) is 5.20. The minimum Gasteiger partial charge on any atom is -0.478 e. The molecule has 14 heavy (non-hydrogen) atoms. The molecule has 1 aromatic carbocycles. The second-order valence-electron chi connectivity index (χ2n) is 2.51. The second kappa shape index (κ2) is 4.40. The monoisotopic (exact) mass is 193 g/mol. The van der Waals surface area contributed by atoms with Crippen molar-refractivity contribution in [3.05, 3.63) is 35.1 Å². The molecule has 4 heteroatoms. The summed E-state index contributed by atoms with van der Waals surface area (Å²) in [5, 5.41) is 8.60. The molecule has 0 aliphatic carbocycles. The molecule has 1 rings (SSSR count). The van der Waals surface area contributed by atoms with E-state index in [1.54, 1.807) is 0 Å². The Morgan fingerprint density at radius 3 is 2.86 bits per heavy atom. The molecule has 3 nitrogen and oxygen atoms in total. The van der Waals surface area contributed by atoms with Crippen LogP contribution in [-0.4, -0.2) is 17.6 Å². The molecule has 0 bridgehead atoms. The number of carboxylic acid groups (broad SMARTS) is 1. The van der Waals surface area contributed by atoms with Crippen LogP contribution in [0.25, 0.3) is 0 Å². The molecule has 3 N–H and O–H groups in total. The summed E-state index contributed by atoms with van der Waals surface area (Å²) in [4.78, 5) is 10.5. The number of hydrogen-bond donors (Lipinski definition) is 2. The number of carboxylic acids is 1. The molecular weight excluding hydrogens is 185 g/mol. The van der Waals surface area contributed by atoms with Crippen LogP contribution in [0.3, 0.4) is 0 Å². The Morgan fingerprint density at radius 1 is 1.57 bits per heavy atom. The van der Waals surface area contributed by atoms with Gasteiger partial charge in [-0.05, 0) is 18.2 Å². The van der Waals surface area contributed by atoms with Crippen molar-refractivity contribution < 1.29 is 14.3 Å². The van der Waals surface area contributed by atoms with E-state index in [4.69, 9.17) is 10.8 Å². The molecule has 0 unspecified atom stereocenters. The van der Waals surface area contributed by atoms with Crippen molar-refractivity contribution in [1.29, 1.82) is 0 Å². The van der Waals surface area contributed by atoms with Crippen molar-refractivity contribution >= 4 is 5.97 Å². The maximum Gasteiger partial charge on any atom is 0.338 e. The van der Waals surface area contributed by atoms with Gasteiger partial charge in [0, 0.05) is 5.56 Å². The van der Waals surface area contributed by atoms with Crippen LogP contribution < -0.4 is 5.73 Å². The fraction of sp³-hybridized carbons (Fsp3) is 0.100. The van der Waals surface area contributed by atoms with Crippen molar-refractivity contribution in [1.82, 2.24) is 0 Å². The zero-order chi connectivity index (χ0) is 10.6. The summed E-state index contributed by atoms with van der Waals surface area (Å²) >= 11 is 0. The van der Waals surface area contributed by atoms with Gasteiger partial charge in [-0.15, -0.1) is 0 Å². The molecule has 0 saturated heterocycles. The largest absolute Gasteiger partial charge is 0.478 e. The molecule has 0 aromatic heterocycles. The third-order valence-electron chi connectivity index (χ3n) is 1.53. The lowest BCUT2D eigenvalue weighted by molar-refractivity contribution is 0.0692. The van der Waals surface area contributed by atoms with Gasteiger partial charge < -0.3 is 10.8 Å². The van der Waals surface area contributed by atoms with Crippen molar-refractivity contribution in [3.8, 4) is 11.8 Å². The molecule has 0 heterocycles. The van der Waals surface area contributed by atoms with Crippen LogP contribution in [0.5, 0.6) is 0 Å². The topological polar surface area (TPSA) is 63.3 Å². The van der Waals surface area contributed by atoms with E-state index in [1.165, 1.54) is 12.1 Å². The summed E-state index contributed by atoms with van der Waals surface area (Å²) in [6.45, 7) is 0.180. The van der Waals surface area contributed by atoms with Gasteiger partial charge in [-0.3, -0.25) is 0 Å². The lowest BCUT2D eigenvalue weighted by atomic mass is 10.1. The van der Waals surface area contributed by atoms with Gasteiger partial charge in [-0.2, -0.15) is 0 Å². The highest BCUT2D eigenvalue weighted by Crippen LogP contribution is 2.09. The van der Waals surface area contributed by atoms with Gasteiger partial charge in [0.25, 0.3) is 0 Å². The zero-order valence-corrected chi connectivity index (χ0v) is 7.25. The van der Waals surface area contributed by atoms with Gasteiger partial charge in [0.05, 0.1) is 12.1 Å². The second-order valence-corrected chi connectivity index (χ2v) is 2.51. The van der Waals surface area contributed by atoms with E-state index in [0.717, 1.165) is 6.07 Å². The molecule has 0 amide bonds. The number of nitrogens with two attached hydrogens (primary N) is 1. The average molecular weight is 193 g/mol. The molecule has 1 aromatic rings. The maximum absolute atomic E-state index is 12.9. The number of benzene rings is 1. The zero-order valence-electron chi connectivity index (χ0n) is 7.25. The normalized spacial score (nSPS) is 9.00. The molecule has 0 aliphatic rings. The number of rotatable bonds is 1. The van der Waals surface area contributed by atoms with Gasteiger partial charge >= 0.3 is 5.97 Å². The number of carbonyl (C=O) groups is 1. The first-order valence-electron chi connectivity index (χ1n) is 3.87. The van der Waals surface area contributed by atoms with Crippen molar-refractivity contribution in [2.45, 2.75) is 0 Å². The van der Waals surface area contributed by atoms with Gasteiger partial charge in [0.15, 0.2) is 0 Å². The highest BCUT2D eigenvalue weighted by atomic mass is 19.1. The van der Waals surface area contributed by atoms with Crippen LogP contribution in [-0.2, 0) is 0 Å². The fourth-order valence-corrected chi connectivity index (χ4v) is 0.920. The summed E-state index contributed by atoms with van der Waals surface area (Å²) in [6.07, 6.45) is 0. The van der Waals surface area contributed by atoms with Gasteiger partial charge in [0.1, 0.15) is 5.82 Å². The Balaban J connectivity index is 3.13. The lowest BCUT2D eigenvalue weighted by Gasteiger charge is -1.97. The van der Waals surface area contributed by atoms with Gasteiger partial charge in [-0.1, -0.05) is 11.8 Å². The van der Waals surface area contributed by atoms with E-state index in [9.17, 15) is 9.18 Å². The van der Waals surface area contributed by atoms with Crippen molar-refractivity contribution in [3.63, 3.8) is 0 Å². The predicted molar refractivity (Wildman–Crippen MR) is 49.3 cm³/mol.